The van der Waals surface area contributed by atoms with Crippen molar-refractivity contribution in [2.45, 2.75) is 6.92 Å². The number of nitrogens with zero attached hydrogens (tertiary/aromatic N) is 4. The molecule has 1 aliphatic heterocycles. The highest BCUT2D eigenvalue weighted by Gasteiger charge is 2.53. The quantitative estimate of drug-likeness (QED) is 0.112. The fraction of sp³-hybridized carbons (Fsp3) is 0.0133. The van der Waals surface area contributed by atoms with Crippen LogP contribution in [0.4, 0.5) is 17.1 Å². The minimum absolute atomic E-state index is 0.217. The van der Waals surface area contributed by atoms with Crippen LogP contribution < -0.4 is 42.0 Å². The summed E-state index contributed by atoms with van der Waals surface area (Å²) in [6, 6.07) is 99.7. The van der Waals surface area contributed by atoms with E-state index in [0.717, 1.165) is 33.7 Å². The molecule has 0 N–H and O–H groups in total. The number of fused-ring (bicyclic) bond motifs is 15. The van der Waals surface area contributed by atoms with E-state index in [1.54, 1.807) is 0 Å². The molecule has 6 heteroatoms. The molecular formula is C75H51BN4Si. The molecule has 4 nitrogen and oxygen atoms in total. The standard InChI is InChI=1S/C75H51BN4Si/c1-50-43-52(45-57(44-50)80-70-35-18-16-32-61(70)62-33-17-19-36-71(62)80)51-37-38-64-67(46-51)69-49-78-42-40-66(69)75-73(64)76(53-21-20-26-56(47-53)79(54-22-6-2-7-23-54)55-24-8-3-9-25-55)72-63-34-15-14-31-60(63)68-48-77-41-39-65(68)74(72)81(75,58-27-10-4-11-28-58)59-29-12-5-13-30-59/h2-49H,1H3. The molecule has 3 aromatic heterocycles. The molecule has 16 rings (SSSR count). The Bertz CT molecular complexity index is 4830. The summed E-state index contributed by atoms with van der Waals surface area (Å²) in [7, 11) is -3.39. The predicted molar refractivity (Wildman–Crippen MR) is 346 cm³/mol. The summed E-state index contributed by atoms with van der Waals surface area (Å²) in [5.74, 6) is 0. The van der Waals surface area contributed by atoms with E-state index in [1.165, 1.54) is 108 Å². The second kappa shape index (κ2) is 18.8. The summed E-state index contributed by atoms with van der Waals surface area (Å²) in [6.07, 6.45) is 8.29. The van der Waals surface area contributed by atoms with Gasteiger partial charge in [-0.2, -0.15) is 0 Å². The third kappa shape index (κ3) is 7.17. The smallest absolute Gasteiger partial charge is 0.242 e. The first-order chi connectivity index (χ1) is 40.1. The van der Waals surface area contributed by atoms with Crippen LogP contribution in [0.25, 0.3) is 81.7 Å². The van der Waals surface area contributed by atoms with Gasteiger partial charge in [0.25, 0.3) is 0 Å². The normalized spacial score (nSPS) is 12.8. The number of hydrogen-bond donors (Lipinski definition) is 0. The lowest BCUT2D eigenvalue weighted by Crippen LogP contribution is -2.87. The van der Waals surface area contributed by atoms with E-state index in [2.05, 4.69) is 296 Å². The lowest BCUT2D eigenvalue weighted by Gasteiger charge is -2.45. The van der Waals surface area contributed by atoms with Gasteiger partial charge in [0.05, 0.1) is 11.0 Å². The Hall–Kier alpha value is -10.1. The van der Waals surface area contributed by atoms with Crippen molar-refractivity contribution in [3.05, 3.63) is 297 Å². The summed E-state index contributed by atoms with van der Waals surface area (Å²) in [5.41, 5.74) is 14.3. The van der Waals surface area contributed by atoms with Gasteiger partial charge in [0.2, 0.25) is 6.71 Å². The Morgan fingerprint density at radius 1 is 0.358 bits per heavy atom. The van der Waals surface area contributed by atoms with Gasteiger partial charge in [-0.1, -0.05) is 204 Å². The molecule has 1 aliphatic rings. The minimum Gasteiger partial charge on any atom is -0.311 e. The highest BCUT2D eigenvalue weighted by molar-refractivity contribution is 7.28. The van der Waals surface area contributed by atoms with Gasteiger partial charge < -0.3 is 9.47 Å². The van der Waals surface area contributed by atoms with Crippen LogP contribution in [0.3, 0.4) is 0 Å². The Kier molecular flexibility index (Phi) is 10.9. The first-order valence-electron chi connectivity index (χ1n) is 28.0. The molecule has 15 aromatic rings. The lowest BCUT2D eigenvalue weighted by molar-refractivity contribution is 1.17. The summed E-state index contributed by atoms with van der Waals surface area (Å²) in [4.78, 5) is 12.3. The van der Waals surface area contributed by atoms with Crippen molar-refractivity contribution in [2.24, 2.45) is 0 Å². The van der Waals surface area contributed by atoms with Gasteiger partial charge in [-0.15, -0.1) is 0 Å². The zero-order valence-electron chi connectivity index (χ0n) is 44.6. The maximum atomic E-state index is 5.03. The van der Waals surface area contributed by atoms with E-state index in [0.29, 0.717) is 0 Å². The first-order valence-corrected chi connectivity index (χ1v) is 30.0. The highest BCUT2D eigenvalue weighted by atomic mass is 28.3. The van der Waals surface area contributed by atoms with E-state index in [-0.39, 0.29) is 6.71 Å². The molecule has 0 saturated carbocycles. The van der Waals surface area contributed by atoms with Crippen LogP contribution in [-0.2, 0) is 0 Å². The molecule has 4 heterocycles. The SMILES string of the molecule is Cc1cc(-c2ccc3c4c(c5ccncc5c3c2)[Si](c2ccccc2)(c2ccccc2)c2c(c3ccccc3c3cnccc23)B4c2cccc(N(c3ccccc3)c3ccccc3)c2)cc(-n2c3ccccc3c3ccccc32)c1. The third-order valence-corrected chi connectivity index (χ3v) is 22.3. The maximum absolute atomic E-state index is 5.03. The van der Waals surface area contributed by atoms with E-state index in [9.17, 15) is 0 Å². The number of para-hydroxylation sites is 4. The zero-order valence-corrected chi connectivity index (χ0v) is 45.6. The molecule has 378 valence electrons. The van der Waals surface area contributed by atoms with Crippen LogP contribution in [0.1, 0.15) is 5.56 Å². The van der Waals surface area contributed by atoms with Crippen molar-refractivity contribution < 1.29 is 0 Å². The minimum atomic E-state index is -3.39. The number of aromatic nitrogens is 3. The molecule has 12 aromatic carbocycles. The van der Waals surface area contributed by atoms with E-state index in [1.807, 2.05) is 12.4 Å². The van der Waals surface area contributed by atoms with Crippen molar-refractivity contribution in [3.63, 3.8) is 0 Å². The maximum Gasteiger partial charge on any atom is 0.242 e. The predicted octanol–water partition coefficient (Wildman–Crippen LogP) is 13.8. The second-order valence-corrected chi connectivity index (χ2v) is 25.3. The highest BCUT2D eigenvalue weighted by Crippen LogP contribution is 2.39. The largest absolute Gasteiger partial charge is 0.311 e. The molecule has 0 spiro atoms. The van der Waals surface area contributed by atoms with E-state index in [4.69, 9.17) is 9.97 Å². The molecule has 0 saturated heterocycles. The topological polar surface area (TPSA) is 34.0 Å². The molecule has 0 amide bonds. The molecule has 0 unspecified atom stereocenters. The van der Waals surface area contributed by atoms with Crippen LogP contribution in [-0.4, -0.2) is 29.3 Å². The van der Waals surface area contributed by atoms with Gasteiger partial charge in [0.15, 0.2) is 8.07 Å². The Labute approximate surface area is 471 Å². The monoisotopic (exact) mass is 1050 g/mol. The third-order valence-electron chi connectivity index (χ3n) is 17.3. The molecule has 0 aliphatic carbocycles. The van der Waals surface area contributed by atoms with Gasteiger partial charge in [-0.05, 0) is 156 Å². The molecular weight excluding hydrogens is 996 g/mol. The average Bonchev–Trinajstić information content (AvgIpc) is 2.42. The van der Waals surface area contributed by atoms with Crippen LogP contribution in [0, 0.1) is 6.92 Å². The summed E-state index contributed by atoms with van der Waals surface area (Å²) >= 11 is 0. The summed E-state index contributed by atoms with van der Waals surface area (Å²) in [6.45, 7) is 2.01. The van der Waals surface area contributed by atoms with E-state index >= 15 is 0 Å². The molecule has 0 atom stereocenters. The van der Waals surface area contributed by atoms with Crippen LogP contribution in [0.5, 0.6) is 0 Å². The van der Waals surface area contributed by atoms with Gasteiger partial charge in [0.1, 0.15) is 0 Å². The van der Waals surface area contributed by atoms with Gasteiger partial charge in [0, 0.05) is 69.1 Å². The summed E-state index contributed by atoms with van der Waals surface area (Å²) < 4.78 is 2.44. The van der Waals surface area contributed by atoms with Crippen molar-refractivity contribution in [1.29, 1.82) is 0 Å². The Balaban J connectivity index is 1.06. The van der Waals surface area contributed by atoms with Gasteiger partial charge in [-0.3, -0.25) is 9.97 Å². The van der Waals surface area contributed by atoms with Crippen molar-refractivity contribution >= 4 is 134 Å². The lowest BCUT2D eigenvalue weighted by atomic mass is 9.35. The number of benzene rings is 12. The molecule has 81 heavy (non-hydrogen) atoms. The number of hydrogen-bond acceptors (Lipinski definition) is 3. The molecule has 0 bridgehead atoms. The van der Waals surface area contributed by atoms with Gasteiger partial charge >= 0.3 is 0 Å². The average molecular weight is 1050 g/mol. The second-order valence-electron chi connectivity index (χ2n) is 21.7. The Morgan fingerprint density at radius 2 is 0.852 bits per heavy atom. The van der Waals surface area contributed by atoms with Crippen LogP contribution in [0.15, 0.2) is 292 Å². The van der Waals surface area contributed by atoms with Crippen LogP contribution in [0.2, 0.25) is 0 Å². The molecule has 0 fully saturated rings. The van der Waals surface area contributed by atoms with E-state index < -0.39 is 8.07 Å². The number of rotatable bonds is 8. The van der Waals surface area contributed by atoms with Gasteiger partial charge in [-0.25, -0.2) is 0 Å². The van der Waals surface area contributed by atoms with Crippen LogP contribution >= 0.6 is 0 Å². The van der Waals surface area contributed by atoms with Crippen molar-refractivity contribution in [3.8, 4) is 16.8 Å². The fourth-order valence-electron chi connectivity index (χ4n) is 14.2. The van der Waals surface area contributed by atoms with Crippen molar-refractivity contribution in [2.75, 3.05) is 4.90 Å². The van der Waals surface area contributed by atoms with Crippen molar-refractivity contribution in [1.82, 2.24) is 14.5 Å². The fourth-order valence-corrected chi connectivity index (χ4v) is 19.9. The zero-order chi connectivity index (χ0) is 53.6. The number of anilines is 3. The number of pyridine rings is 2. The molecule has 0 radical (unpaired) electrons. The Morgan fingerprint density at radius 3 is 1.44 bits per heavy atom. The summed E-state index contributed by atoms with van der Waals surface area (Å²) in [5, 5.41) is 17.7. The first kappa shape index (κ1) is 46.9. The number of aryl methyl sites for hydroxylation is 1.